The van der Waals surface area contributed by atoms with Gasteiger partial charge in [0.2, 0.25) is 0 Å². The fraction of sp³-hybridized carbons (Fsp3) is 0.0625. The van der Waals surface area contributed by atoms with Crippen LogP contribution in [0.5, 0.6) is 0 Å². The highest BCUT2D eigenvalue weighted by molar-refractivity contribution is 7.80. The van der Waals surface area contributed by atoms with Crippen molar-refractivity contribution >= 4 is 46.1 Å². The standard InChI is InChI=1S/C16H12N4O6S/c1-9(21)10-2-4-12(5-3-10)17-16(27)18-15(22)11-6-13(19(23)24)8-14(7-11)20(25)26/h2-8H,1H3,(H2,17,18,22,27). The van der Waals surface area contributed by atoms with Gasteiger partial charge in [-0.15, -0.1) is 0 Å². The van der Waals surface area contributed by atoms with Crippen LogP contribution in [-0.4, -0.2) is 26.6 Å². The number of amides is 1. The van der Waals surface area contributed by atoms with Crippen LogP contribution in [-0.2, 0) is 0 Å². The third-order valence-corrected chi connectivity index (χ3v) is 3.57. The van der Waals surface area contributed by atoms with E-state index in [1.54, 1.807) is 24.3 Å². The molecule has 2 N–H and O–H groups in total. The molecule has 0 heterocycles. The maximum atomic E-state index is 12.2. The normalized spacial score (nSPS) is 9.96. The molecule has 11 heteroatoms. The Morgan fingerprint density at radius 1 is 0.926 bits per heavy atom. The molecule has 0 saturated carbocycles. The number of nitro groups is 2. The molecule has 138 valence electrons. The molecule has 0 unspecified atom stereocenters. The van der Waals surface area contributed by atoms with Crippen LogP contribution in [0.25, 0.3) is 0 Å². The summed E-state index contributed by atoms with van der Waals surface area (Å²) in [6.07, 6.45) is 0. The van der Waals surface area contributed by atoms with E-state index in [0.717, 1.165) is 18.2 Å². The van der Waals surface area contributed by atoms with Crippen LogP contribution in [0.2, 0.25) is 0 Å². The maximum Gasteiger partial charge on any atom is 0.277 e. The van der Waals surface area contributed by atoms with Gasteiger partial charge in [0.25, 0.3) is 17.3 Å². The van der Waals surface area contributed by atoms with Crippen LogP contribution in [0.1, 0.15) is 27.6 Å². The zero-order valence-electron chi connectivity index (χ0n) is 13.8. The van der Waals surface area contributed by atoms with Gasteiger partial charge in [0.1, 0.15) is 0 Å². The fourth-order valence-electron chi connectivity index (χ4n) is 2.06. The van der Waals surface area contributed by atoms with Gasteiger partial charge < -0.3 is 5.32 Å². The van der Waals surface area contributed by atoms with Gasteiger partial charge in [-0.2, -0.15) is 0 Å². The number of ketones is 1. The Morgan fingerprint density at radius 3 is 1.89 bits per heavy atom. The molecule has 0 fully saturated rings. The van der Waals surface area contributed by atoms with E-state index in [4.69, 9.17) is 12.2 Å². The van der Waals surface area contributed by atoms with Gasteiger partial charge in [-0.3, -0.25) is 35.1 Å². The zero-order valence-corrected chi connectivity index (χ0v) is 14.6. The lowest BCUT2D eigenvalue weighted by molar-refractivity contribution is -0.394. The number of benzene rings is 2. The smallest absolute Gasteiger partial charge is 0.277 e. The molecule has 2 aromatic carbocycles. The molecule has 2 rings (SSSR count). The highest BCUT2D eigenvalue weighted by Crippen LogP contribution is 2.22. The highest BCUT2D eigenvalue weighted by atomic mass is 32.1. The first-order chi connectivity index (χ1) is 12.7. The van der Waals surface area contributed by atoms with Gasteiger partial charge >= 0.3 is 0 Å². The predicted molar refractivity (Wildman–Crippen MR) is 99.9 cm³/mol. The van der Waals surface area contributed by atoms with Crippen LogP contribution >= 0.6 is 12.2 Å². The fourth-order valence-corrected chi connectivity index (χ4v) is 2.27. The SMILES string of the molecule is CC(=O)c1ccc(NC(=S)NC(=O)c2cc([N+](=O)[O-])cc([N+](=O)[O-])c2)cc1. The van der Waals surface area contributed by atoms with Gasteiger partial charge in [-0.1, -0.05) is 0 Å². The number of carbonyl (C=O) groups excluding carboxylic acids is 2. The number of nitrogens with zero attached hydrogens (tertiary/aromatic N) is 2. The lowest BCUT2D eigenvalue weighted by Gasteiger charge is -2.10. The second-order valence-electron chi connectivity index (χ2n) is 5.29. The molecule has 10 nitrogen and oxygen atoms in total. The summed E-state index contributed by atoms with van der Waals surface area (Å²) in [6.45, 7) is 1.42. The molecule has 0 aliphatic heterocycles. The first-order valence-corrected chi connectivity index (χ1v) is 7.75. The number of carbonyl (C=O) groups is 2. The van der Waals surface area contributed by atoms with Gasteiger partial charge in [0, 0.05) is 23.4 Å². The molecule has 0 aromatic heterocycles. The van der Waals surface area contributed by atoms with Crippen molar-refractivity contribution in [1.82, 2.24) is 5.32 Å². The highest BCUT2D eigenvalue weighted by Gasteiger charge is 2.20. The van der Waals surface area contributed by atoms with Gasteiger partial charge in [-0.05, 0) is 43.4 Å². The second kappa shape index (κ2) is 8.10. The number of Topliss-reactive ketones (excluding diaryl/α,β-unsaturated/α-hetero) is 1. The molecule has 0 aliphatic carbocycles. The summed E-state index contributed by atoms with van der Waals surface area (Å²) in [5, 5.41) is 26.6. The summed E-state index contributed by atoms with van der Waals surface area (Å²) in [7, 11) is 0. The molecule has 27 heavy (non-hydrogen) atoms. The number of hydrogen-bond donors (Lipinski definition) is 2. The van der Waals surface area contributed by atoms with Crippen LogP contribution in [0, 0.1) is 20.2 Å². The van der Waals surface area contributed by atoms with E-state index in [1.807, 2.05) is 0 Å². The average Bonchev–Trinajstić information content (AvgIpc) is 2.61. The van der Waals surface area contributed by atoms with Crippen LogP contribution in [0.3, 0.4) is 0 Å². The van der Waals surface area contributed by atoms with Gasteiger partial charge in [-0.25, -0.2) is 0 Å². The van der Waals surface area contributed by atoms with Crippen molar-refractivity contribution < 1.29 is 19.4 Å². The molecule has 0 aliphatic rings. The molecule has 1 amide bonds. The minimum Gasteiger partial charge on any atom is -0.332 e. The van der Waals surface area contributed by atoms with Crippen LogP contribution < -0.4 is 10.6 Å². The Bertz CT molecular complexity index is 926. The summed E-state index contributed by atoms with van der Waals surface area (Å²) >= 11 is 4.99. The first-order valence-electron chi connectivity index (χ1n) is 7.34. The summed E-state index contributed by atoms with van der Waals surface area (Å²) in [6, 6.07) is 8.86. The van der Waals surface area contributed by atoms with E-state index in [9.17, 15) is 29.8 Å². The molecule has 2 aromatic rings. The third kappa shape index (κ3) is 5.12. The van der Waals surface area contributed by atoms with Crippen LogP contribution in [0.4, 0.5) is 17.1 Å². The summed E-state index contributed by atoms with van der Waals surface area (Å²) in [5.74, 6) is -0.954. The summed E-state index contributed by atoms with van der Waals surface area (Å²) in [4.78, 5) is 43.5. The number of nitrogens with one attached hydrogen (secondary N) is 2. The van der Waals surface area contributed by atoms with E-state index in [-0.39, 0.29) is 16.5 Å². The molecule has 0 radical (unpaired) electrons. The Hall–Kier alpha value is -3.73. The minimum absolute atomic E-state index is 0.107. The number of nitro benzene ring substituents is 2. The topological polar surface area (TPSA) is 144 Å². The Kier molecular flexibility index (Phi) is 5.88. The Labute approximate surface area is 157 Å². The minimum atomic E-state index is -0.848. The summed E-state index contributed by atoms with van der Waals surface area (Å²) in [5.41, 5.74) is -0.470. The molecule has 0 atom stereocenters. The van der Waals surface area contributed by atoms with Crippen molar-refractivity contribution in [2.24, 2.45) is 0 Å². The van der Waals surface area contributed by atoms with E-state index in [2.05, 4.69) is 10.6 Å². The molecular weight excluding hydrogens is 376 g/mol. The predicted octanol–water partition coefficient (Wildman–Crippen LogP) is 2.83. The average molecular weight is 388 g/mol. The van der Waals surface area contributed by atoms with E-state index >= 15 is 0 Å². The quantitative estimate of drug-likeness (QED) is 0.344. The first kappa shape index (κ1) is 19.6. The second-order valence-corrected chi connectivity index (χ2v) is 5.70. The van der Waals surface area contributed by atoms with E-state index < -0.39 is 27.1 Å². The number of hydrogen-bond acceptors (Lipinski definition) is 7. The molecular formula is C16H12N4O6S. The van der Waals surface area contributed by atoms with Crippen molar-refractivity contribution in [1.29, 1.82) is 0 Å². The van der Waals surface area contributed by atoms with Crippen molar-refractivity contribution in [3.8, 4) is 0 Å². The molecule has 0 bridgehead atoms. The van der Waals surface area contributed by atoms with Gasteiger partial charge in [0.05, 0.1) is 21.5 Å². The molecule has 0 saturated heterocycles. The van der Waals surface area contributed by atoms with Crippen molar-refractivity contribution in [3.05, 3.63) is 73.8 Å². The largest absolute Gasteiger partial charge is 0.332 e. The third-order valence-electron chi connectivity index (χ3n) is 3.36. The zero-order chi connectivity index (χ0) is 20.1. The van der Waals surface area contributed by atoms with Crippen molar-refractivity contribution in [2.45, 2.75) is 6.92 Å². The van der Waals surface area contributed by atoms with Crippen LogP contribution in [0.15, 0.2) is 42.5 Å². The Morgan fingerprint density at radius 2 is 1.44 bits per heavy atom. The van der Waals surface area contributed by atoms with Gasteiger partial charge in [0.15, 0.2) is 10.9 Å². The lowest BCUT2D eigenvalue weighted by atomic mass is 10.1. The number of anilines is 1. The van der Waals surface area contributed by atoms with E-state index in [1.165, 1.54) is 6.92 Å². The van der Waals surface area contributed by atoms with E-state index in [0.29, 0.717) is 11.3 Å². The number of non-ortho nitro benzene ring substituents is 2. The molecule has 0 spiro atoms. The monoisotopic (exact) mass is 388 g/mol. The summed E-state index contributed by atoms with van der Waals surface area (Å²) < 4.78 is 0. The van der Waals surface area contributed by atoms with Crippen molar-refractivity contribution in [2.75, 3.05) is 5.32 Å². The maximum absolute atomic E-state index is 12.2. The Balaban J connectivity index is 2.14. The lowest BCUT2D eigenvalue weighted by Crippen LogP contribution is -2.34. The number of thiocarbonyl (C=S) groups is 1. The number of rotatable bonds is 5. The van der Waals surface area contributed by atoms with Crippen molar-refractivity contribution in [3.63, 3.8) is 0 Å².